The van der Waals surface area contributed by atoms with Gasteiger partial charge in [-0.3, -0.25) is 0 Å². The van der Waals surface area contributed by atoms with Crippen LogP contribution in [0.2, 0.25) is 0 Å². The lowest BCUT2D eigenvalue weighted by Gasteiger charge is -2.29. The smallest absolute Gasteiger partial charge is 0.201 e. The first-order valence-corrected chi connectivity index (χ1v) is 10.2. The van der Waals surface area contributed by atoms with Crippen LogP contribution in [0.4, 0.5) is 13.2 Å². The predicted octanol–water partition coefficient (Wildman–Crippen LogP) is 6.99. The molecular formula is C24H27F3O2. The molecule has 0 N–H and O–H groups in total. The average Bonchev–Trinajstić information content (AvgIpc) is 2.74. The molecule has 2 unspecified atom stereocenters. The molecule has 0 spiro atoms. The van der Waals surface area contributed by atoms with Crippen LogP contribution in [-0.2, 0) is 4.74 Å². The molecule has 1 saturated heterocycles. The van der Waals surface area contributed by atoms with Gasteiger partial charge in [0.25, 0.3) is 0 Å². The molecule has 0 bridgehead atoms. The lowest BCUT2D eigenvalue weighted by molar-refractivity contribution is -0.0214. The molecule has 29 heavy (non-hydrogen) atoms. The summed E-state index contributed by atoms with van der Waals surface area (Å²) >= 11 is 0. The van der Waals surface area contributed by atoms with Crippen LogP contribution in [0.15, 0.2) is 43.0 Å². The summed E-state index contributed by atoms with van der Waals surface area (Å²) in [4.78, 5) is 0. The van der Waals surface area contributed by atoms with Crippen molar-refractivity contribution >= 4 is 0 Å². The summed E-state index contributed by atoms with van der Waals surface area (Å²) in [7, 11) is 0. The van der Waals surface area contributed by atoms with E-state index in [0.717, 1.165) is 25.7 Å². The van der Waals surface area contributed by atoms with E-state index in [4.69, 9.17) is 9.47 Å². The zero-order valence-electron chi connectivity index (χ0n) is 16.7. The molecule has 2 aromatic carbocycles. The SMILES string of the molecule is C=CCOc1ccc(-c2ccc(C3CCC(CCCC)CO3)c(F)c2)c(F)c1F. The van der Waals surface area contributed by atoms with Crippen molar-refractivity contribution in [2.45, 2.75) is 45.1 Å². The van der Waals surface area contributed by atoms with Crippen molar-refractivity contribution in [1.29, 1.82) is 0 Å². The lowest BCUT2D eigenvalue weighted by Crippen LogP contribution is -2.21. The standard InChI is InChI=1S/C24H27F3O2/c1-3-5-6-16-7-11-21(29-15-16)19-9-8-17(14-20(19)25)18-10-12-22(28-13-4-2)24(27)23(18)26/h4,8-10,12,14,16,21H,2-3,5-7,11,13,15H2,1H3. The fraction of sp³-hybridized carbons (Fsp3) is 0.417. The second-order valence-electron chi connectivity index (χ2n) is 7.48. The van der Waals surface area contributed by atoms with Gasteiger partial charge < -0.3 is 9.47 Å². The molecule has 1 aliphatic heterocycles. The van der Waals surface area contributed by atoms with Crippen molar-refractivity contribution in [1.82, 2.24) is 0 Å². The van der Waals surface area contributed by atoms with Crippen LogP contribution in [0.3, 0.4) is 0 Å². The van der Waals surface area contributed by atoms with E-state index in [1.807, 2.05) is 0 Å². The van der Waals surface area contributed by atoms with Crippen LogP contribution < -0.4 is 4.74 Å². The van der Waals surface area contributed by atoms with Crippen LogP contribution in [0.5, 0.6) is 5.75 Å². The minimum atomic E-state index is -1.09. The van der Waals surface area contributed by atoms with E-state index in [1.54, 1.807) is 12.1 Å². The summed E-state index contributed by atoms with van der Waals surface area (Å²) in [6.45, 7) is 6.35. The van der Waals surface area contributed by atoms with Crippen LogP contribution in [0, 0.1) is 23.4 Å². The molecule has 2 atom stereocenters. The third-order valence-corrected chi connectivity index (χ3v) is 5.40. The van der Waals surface area contributed by atoms with E-state index in [9.17, 15) is 13.2 Å². The summed E-state index contributed by atoms with van der Waals surface area (Å²) in [5, 5.41) is 0. The van der Waals surface area contributed by atoms with Gasteiger partial charge >= 0.3 is 0 Å². The number of rotatable bonds is 8. The quantitative estimate of drug-likeness (QED) is 0.441. The van der Waals surface area contributed by atoms with Gasteiger partial charge in [-0.1, -0.05) is 44.6 Å². The highest BCUT2D eigenvalue weighted by Gasteiger charge is 2.25. The van der Waals surface area contributed by atoms with Crippen molar-refractivity contribution in [3.05, 3.63) is 66.0 Å². The first-order chi connectivity index (χ1) is 14.0. The van der Waals surface area contributed by atoms with Crippen LogP contribution in [0.25, 0.3) is 11.1 Å². The van der Waals surface area contributed by atoms with Crippen LogP contribution in [0.1, 0.15) is 50.7 Å². The maximum atomic E-state index is 14.8. The zero-order chi connectivity index (χ0) is 20.8. The molecule has 0 radical (unpaired) electrons. The third kappa shape index (κ3) is 5.02. The second kappa shape index (κ2) is 9.97. The maximum absolute atomic E-state index is 14.8. The second-order valence-corrected chi connectivity index (χ2v) is 7.48. The van der Waals surface area contributed by atoms with Gasteiger partial charge in [-0.15, -0.1) is 0 Å². The van der Waals surface area contributed by atoms with Crippen molar-refractivity contribution in [2.75, 3.05) is 13.2 Å². The molecule has 0 aliphatic carbocycles. The molecule has 2 nitrogen and oxygen atoms in total. The number of benzene rings is 2. The Morgan fingerprint density at radius 2 is 1.97 bits per heavy atom. The molecule has 1 heterocycles. The van der Waals surface area contributed by atoms with Crippen molar-refractivity contribution in [3.63, 3.8) is 0 Å². The first-order valence-electron chi connectivity index (χ1n) is 10.2. The molecule has 5 heteroatoms. The molecule has 2 aromatic rings. The van der Waals surface area contributed by atoms with E-state index in [1.165, 1.54) is 30.7 Å². The predicted molar refractivity (Wildman–Crippen MR) is 108 cm³/mol. The van der Waals surface area contributed by atoms with Crippen LogP contribution >= 0.6 is 0 Å². The number of hydrogen-bond acceptors (Lipinski definition) is 2. The molecule has 0 amide bonds. The Balaban J connectivity index is 1.75. The fourth-order valence-electron chi connectivity index (χ4n) is 3.74. The lowest BCUT2D eigenvalue weighted by atomic mass is 9.90. The van der Waals surface area contributed by atoms with Gasteiger partial charge in [0.15, 0.2) is 11.6 Å². The van der Waals surface area contributed by atoms with E-state index in [0.29, 0.717) is 18.1 Å². The van der Waals surface area contributed by atoms with Gasteiger partial charge in [0, 0.05) is 11.1 Å². The summed E-state index contributed by atoms with van der Waals surface area (Å²) in [6.07, 6.45) is 6.41. The number of unbranched alkanes of at least 4 members (excludes halogenated alkanes) is 1. The van der Waals surface area contributed by atoms with Gasteiger partial charge in [-0.05, 0) is 48.9 Å². The van der Waals surface area contributed by atoms with Crippen molar-refractivity contribution in [3.8, 4) is 16.9 Å². The highest BCUT2D eigenvalue weighted by molar-refractivity contribution is 5.66. The van der Waals surface area contributed by atoms with E-state index in [-0.39, 0.29) is 29.6 Å². The van der Waals surface area contributed by atoms with Crippen molar-refractivity contribution < 1.29 is 22.6 Å². The van der Waals surface area contributed by atoms with Gasteiger partial charge in [-0.2, -0.15) is 4.39 Å². The molecule has 0 saturated carbocycles. The summed E-state index contributed by atoms with van der Waals surface area (Å²) < 4.78 is 54.5. The molecule has 156 valence electrons. The zero-order valence-corrected chi connectivity index (χ0v) is 16.7. The summed E-state index contributed by atoms with van der Waals surface area (Å²) in [5.41, 5.74) is 0.729. The summed E-state index contributed by atoms with van der Waals surface area (Å²) in [5.74, 6) is -2.29. The Hall–Kier alpha value is -2.27. The van der Waals surface area contributed by atoms with Crippen LogP contribution in [-0.4, -0.2) is 13.2 Å². The van der Waals surface area contributed by atoms with Gasteiger partial charge in [0.1, 0.15) is 12.4 Å². The molecular weight excluding hydrogens is 377 g/mol. The van der Waals surface area contributed by atoms with E-state index >= 15 is 0 Å². The molecule has 3 rings (SSSR count). The molecule has 0 aromatic heterocycles. The third-order valence-electron chi connectivity index (χ3n) is 5.40. The normalized spacial score (nSPS) is 19.2. The highest BCUT2D eigenvalue weighted by atomic mass is 19.2. The molecule has 1 aliphatic rings. The molecule has 1 fully saturated rings. The monoisotopic (exact) mass is 404 g/mol. The average molecular weight is 404 g/mol. The topological polar surface area (TPSA) is 18.5 Å². The van der Waals surface area contributed by atoms with Gasteiger partial charge in [0.05, 0.1) is 12.7 Å². The fourth-order valence-corrected chi connectivity index (χ4v) is 3.74. The number of ether oxygens (including phenoxy) is 2. The Morgan fingerprint density at radius 3 is 2.62 bits per heavy atom. The van der Waals surface area contributed by atoms with E-state index in [2.05, 4.69) is 13.5 Å². The largest absolute Gasteiger partial charge is 0.486 e. The van der Waals surface area contributed by atoms with Crippen molar-refractivity contribution in [2.24, 2.45) is 5.92 Å². The Kier molecular flexibility index (Phi) is 7.37. The minimum Gasteiger partial charge on any atom is -0.486 e. The van der Waals surface area contributed by atoms with Gasteiger partial charge in [-0.25, -0.2) is 8.78 Å². The van der Waals surface area contributed by atoms with Gasteiger partial charge in [0.2, 0.25) is 5.82 Å². The Morgan fingerprint density at radius 1 is 1.14 bits per heavy atom. The first kappa shape index (κ1) is 21.4. The number of hydrogen-bond donors (Lipinski definition) is 0. The Bertz CT molecular complexity index is 842. The highest BCUT2D eigenvalue weighted by Crippen LogP contribution is 2.36. The Labute approximate surface area is 170 Å². The van der Waals surface area contributed by atoms with E-state index < -0.39 is 17.5 Å². The number of halogens is 3. The minimum absolute atomic E-state index is 0.0110. The maximum Gasteiger partial charge on any atom is 0.201 e. The summed E-state index contributed by atoms with van der Waals surface area (Å²) in [6, 6.07) is 7.18.